The topological polar surface area (TPSA) is 26.3 Å². The summed E-state index contributed by atoms with van der Waals surface area (Å²) in [4.78, 5) is 10.6. The van der Waals surface area contributed by atoms with Crippen LogP contribution < -0.4 is 0 Å². The second-order valence-electron chi connectivity index (χ2n) is 1.72. The zero-order chi connectivity index (χ0) is 6.41. The molecule has 0 aromatic heterocycles. The third-order valence-corrected chi connectivity index (χ3v) is 2.66. The first-order valence-electron chi connectivity index (χ1n) is 2.82. The molecule has 48 valence electrons. The van der Waals surface area contributed by atoms with Gasteiger partial charge in [0.25, 0.3) is 0 Å². The first kappa shape index (κ1) is 8.06. The number of hydrogen-bond donors (Lipinski definition) is 0. The highest BCUT2D eigenvalue weighted by molar-refractivity contribution is 6.70. The molecule has 0 fully saturated rings. The molecule has 0 bridgehead atoms. The average molecular weight is 148 g/mol. The third kappa shape index (κ3) is 4.23. The molecule has 0 heterocycles. The summed E-state index contributed by atoms with van der Waals surface area (Å²) in [5, 5.41) is 0.363. The molecule has 0 aliphatic carbocycles. The predicted molar refractivity (Wildman–Crippen MR) is 39.5 cm³/mol. The van der Waals surface area contributed by atoms with Crippen molar-refractivity contribution in [1.82, 2.24) is 0 Å². The van der Waals surface area contributed by atoms with Crippen LogP contribution in [-0.2, 0) is 8.91 Å². The Bertz CT molecular complexity index is 66.4. The molecule has 0 aromatic carbocycles. The van der Waals surface area contributed by atoms with Crippen molar-refractivity contribution < 1.29 is 8.91 Å². The summed E-state index contributed by atoms with van der Waals surface area (Å²) in [7, 11) is -0.00717. The molecule has 4 heteroatoms. The van der Waals surface area contributed by atoms with Gasteiger partial charge in [-0.05, 0) is 6.42 Å². The molecule has 0 unspecified atom stereocenters. The van der Waals surface area contributed by atoms with Gasteiger partial charge in [0.05, 0.1) is 0 Å². The Morgan fingerprint density at radius 2 is 2.50 bits per heavy atom. The molecule has 0 aliphatic heterocycles. The fourth-order valence-electron chi connectivity index (χ4n) is 0.512. The van der Waals surface area contributed by atoms with Gasteiger partial charge in [0, 0.05) is 6.42 Å². The SMILES string of the molecule is CCCC(=O)[SiH2]O[SiH3]. The van der Waals surface area contributed by atoms with Crippen molar-refractivity contribution in [3.63, 3.8) is 0 Å². The van der Waals surface area contributed by atoms with E-state index in [0.29, 0.717) is 5.41 Å². The Morgan fingerprint density at radius 1 is 1.88 bits per heavy atom. The molecule has 0 saturated heterocycles. The second kappa shape index (κ2) is 5.21. The fraction of sp³-hybridized carbons (Fsp3) is 0.750. The minimum Gasteiger partial charge on any atom is -0.463 e. The van der Waals surface area contributed by atoms with Gasteiger partial charge >= 0.3 is 0 Å². The van der Waals surface area contributed by atoms with E-state index in [1.807, 2.05) is 6.92 Å². The van der Waals surface area contributed by atoms with Crippen LogP contribution in [0.1, 0.15) is 19.8 Å². The molecule has 0 aliphatic rings. The van der Waals surface area contributed by atoms with Crippen molar-refractivity contribution in [2.24, 2.45) is 0 Å². The molecule has 0 amide bonds. The number of hydrogen-bond acceptors (Lipinski definition) is 2. The van der Waals surface area contributed by atoms with E-state index in [-0.39, 0.29) is 0 Å². The van der Waals surface area contributed by atoms with Gasteiger partial charge in [-0.1, -0.05) is 6.92 Å². The molecule has 2 nitrogen and oxygen atoms in total. The molecule has 0 saturated carbocycles. The van der Waals surface area contributed by atoms with Gasteiger partial charge in [0.1, 0.15) is 15.9 Å². The summed E-state index contributed by atoms with van der Waals surface area (Å²) in [6.45, 7) is 2.01. The normalized spacial score (nSPS) is 11.1. The Balaban J connectivity index is 3.06. The van der Waals surface area contributed by atoms with Crippen molar-refractivity contribution in [3.8, 4) is 0 Å². The van der Waals surface area contributed by atoms with Crippen LogP contribution in [0, 0.1) is 0 Å². The summed E-state index contributed by atoms with van der Waals surface area (Å²) < 4.78 is 4.88. The standard InChI is InChI=1S/C4H12O2Si2/c1-2-3-4(5)8-6-7/h2-3,8H2,1,7H3. The van der Waals surface area contributed by atoms with Gasteiger partial charge in [-0.2, -0.15) is 0 Å². The molecule has 0 N–H and O–H groups in total. The van der Waals surface area contributed by atoms with Crippen molar-refractivity contribution in [2.75, 3.05) is 0 Å². The molecule has 0 spiro atoms. The van der Waals surface area contributed by atoms with Gasteiger partial charge in [-0.25, -0.2) is 0 Å². The average Bonchev–Trinajstić information content (AvgIpc) is 1.68. The molecule has 8 heavy (non-hydrogen) atoms. The van der Waals surface area contributed by atoms with Gasteiger partial charge in [-0.3, -0.25) is 0 Å². The van der Waals surface area contributed by atoms with Crippen LogP contribution in [0.2, 0.25) is 0 Å². The third-order valence-electron chi connectivity index (χ3n) is 0.834. The van der Waals surface area contributed by atoms with Gasteiger partial charge < -0.3 is 8.91 Å². The van der Waals surface area contributed by atoms with Crippen LogP contribution in [0.15, 0.2) is 0 Å². The summed E-state index contributed by atoms with van der Waals surface area (Å²) in [5.74, 6) is 0. The Labute approximate surface area is 55.1 Å². The highest BCUT2D eigenvalue weighted by Gasteiger charge is 1.96. The van der Waals surface area contributed by atoms with E-state index in [0.717, 1.165) is 23.3 Å². The van der Waals surface area contributed by atoms with E-state index in [4.69, 9.17) is 4.12 Å². The summed E-state index contributed by atoms with van der Waals surface area (Å²) in [5.41, 5.74) is 0. The number of carbonyl (C=O) groups excluding carboxylic acids is 1. The molecule has 0 aromatic rings. The zero-order valence-electron chi connectivity index (χ0n) is 5.44. The van der Waals surface area contributed by atoms with E-state index in [2.05, 4.69) is 0 Å². The maximum Gasteiger partial charge on any atom is 0.221 e. The van der Waals surface area contributed by atoms with Gasteiger partial charge in [0.15, 0.2) is 0 Å². The van der Waals surface area contributed by atoms with E-state index in [9.17, 15) is 4.79 Å². The highest BCUT2D eigenvalue weighted by Crippen LogP contribution is 1.85. The van der Waals surface area contributed by atoms with E-state index in [1.165, 1.54) is 0 Å². The van der Waals surface area contributed by atoms with Crippen molar-refractivity contribution in [2.45, 2.75) is 19.8 Å². The molecule has 0 radical (unpaired) electrons. The van der Waals surface area contributed by atoms with Crippen LogP contribution >= 0.6 is 0 Å². The van der Waals surface area contributed by atoms with E-state index in [1.54, 1.807) is 0 Å². The van der Waals surface area contributed by atoms with Crippen molar-refractivity contribution >= 4 is 25.7 Å². The summed E-state index contributed by atoms with van der Waals surface area (Å²) >= 11 is 0. The maximum absolute atomic E-state index is 10.6. The lowest BCUT2D eigenvalue weighted by molar-refractivity contribution is -0.112. The van der Waals surface area contributed by atoms with Crippen LogP contribution in [-0.4, -0.2) is 25.7 Å². The second-order valence-corrected chi connectivity index (χ2v) is 5.11. The number of rotatable bonds is 4. The lowest BCUT2D eigenvalue weighted by atomic mass is 10.4. The van der Waals surface area contributed by atoms with Crippen molar-refractivity contribution in [3.05, 3.63) is 0 Å². The minimum absolute atomic E-state index is 0.363. The highest BCUT2D eigenvalue weighted by atomic mass is 28.3. The van der Waals surface area contributed by atoms with Gasteiger partial charge in [0.2, 0.25) is 9.76 Å². The van der Waals surface area contributed by atoms with Crippen LogP contribution in [0.4, 0.5) is 0 Å². The summed E-state index contributed by atoms with van der Waals surface area (Å²) in [6, 6.07) is 0. The van der Waals surface area contributed by atoms with Crippen molar-refractivity contribution in [1.29, 1.82) is 0 Å². The maximum atomic E-state index is 10.6. The Morgan fingerprint density at radius 3 is 2.88 bits per heavy atom. The van der Waals surface area contributed by atoms with E-state index < -0.39 is 9.76 Å². The first-order chi connectivity index (χ1) is 3.81. The number of carbonyl (C=O) groups is 1. The monoisotopic (exact) mass is 148 g/mol. The fourth-order valence-corrected chi connectivity index (χ4v) is 2.30. The van der Waals surface area contributed by atoms with Crippen LogP contribution in [0.3, 0.4) is 0 Å². The lowest BCUT2D eigenvalue weighted by Gasteiger charge is -1.92. The predicted octanol–water partition coefficient (Wildman–Crippen LogP) is -1.31. The lowest BCUT2D eigenvalue weighted by Crippen LogP contribution is -2.10. The Kier molecular flexibility index (Phi) is 5.25. The first-order valence-corrected chi connectivity index (χ1v) is 4.92. The van der Waals surface area contributed by atoms with Crippen LogP contribution in [0.5, 0.6) is 0 Å². The largest absolute Gasteiger partial charge is 0.463 e. The molecular formula is C4H12O2Si2. The smallest absolute Gasteiger partial charge is 0.221 e. The quantitative estimate of drug-likeness (QED) is 0.463. The zero-order valence-corrected chi connectivity index (χ0v) is 8.85. The van der Waals surface area contributed by atoms with Gasteiger partial charge in [-0.15, -0.1) is 0 Å². The molecular weight excluding hydrogens is 136 g/mol. The Hall–Kier alpha value is 0.0638. The minimum atomic E-state index is -0.742. The molecule has 0 atom stereocenters. The molecule has 0 rings (SSSR count). The van der Waals surface area contributed by atoms with Crippen LogP contribution in [0.25, 0.3) is 0 Å². The van der Waals surface area contributed by atoms with E-state index >= 15 is 0 Å². The summed E-state index contributed by atoms with van der Waals surface area (Å²) in [6.07, 6.45) is 1.70.